The van der Waals surface area contributed by atoms with Crippen LogP contribution in [0.25, 0.3) is 11.3 Å². The molecule has 0 radical (unpaired) electrons. The maximum Gasteiger partial charge on any atom is 0.0945 e. The Balaban J connectivity index is 1.84. The highest BCUT2D eigenvalue weighted by atomic mass is 16.3. The Bertz CT molecular complexity index is 644. The molecule has 1 N–H and O–H groups in total. The van der Waals surface area contributed by atoms with Gasteiger partial charge in [0.2, 0.25) is 0 Å². The Hall–Kier alpha value is -2.04. The van der Waals surface area contributed by atoms with E-state index in [2.05, 4.69) is 21.4 Å². The number of nitrogens with zero attached hydrogens (tertiary/aromatic N) is 3. The first-order chi connectivity index (χ1) is 11.3. The van der Waals surface area contributed by atoms with Gasteiger partial charge in [-0.1, -0.05) is 30.7 Å². The highest BCUT2D eigenvalue weighted by Crippen LogP contribution is 2.30. The van der Waals surface area contributed by atoms with Crippen molar-refractivity contribution in [1.82, 2.24) is 14.9 Å². The average molecular weight is 309 g/mol. The Morgan fingerprint density at radius 3 is 3.04 bits per heavy atom. The molecule has 1 aliphatic rings. The van der Waals surface area contributed by atoms with E-state index in [0.29, 0.717) is 0 Å². The molecule has 0 unspecified atom stereocenters. The van der Waals surface area contributed by atoms with Gasteiger partial charge in [0, 0.05) is 30.5 Å². The number of benzene rings is 1. The zero-order valence-corrected chi connectivity index (χ0v) is 13.3. The zero-order chi connectivity index (χ0) is 16.1. The lowest BCUT2D eigenvalue weighted by Crippen LogP contribution is -2.43. The summed E-state index contributed by atoms with van der Waals surface area (Å²) >= 11 is 0. The molecule has 1 aromatic heterocycles. The molecule has 4 heteroatoms. The van der Waals surface area contributed by atoms with E-state index in [0.717, 1.165) is 36.3 Å². The molecule has 0 spiro atoms. The van der Waals surface area contributed by atoms with Crippen LogP contribution in [0.4, 0.5) is 0 Å². The second-order valence-corrected chi connectivity index (χ2v) is 6.01. The third-order valence-corrected chi connectivity index (χ3v) is 4.48. The fourth-order valence-corrected chi connectivity index (χ4v) is 3.32. The van der Waals surface area contributed by atoms with Crippen LogP contribution < -0.4 is 0 Å². The monoisotopic (exact) mass is 309 g/mol. The summed E-state index contributed by atoms with van der Waals surface area (Å²) in [6.07, 6.45) is 9.90. The van der Waals surface area contributed by atoms with Crippen molar-refractivity contribution in [3.63, 3.8) is 0 Å². The fraction of sp³-hybridized carbons (Fsp3) is 0.368. The molecule has 2 heterocycles. The Labute approximate surface area is 137 Å². The van der Waals surface area contributed by atoms with E-state index in [1.165, 1.54) is 12.8 Å². The van der Waals surface area contributed by atoms with Gasteiger partial charge in [-0.05, 0) is 31.0 Å². The summed E-state index contributed by atoms with van der Waals surface area (Å²) < 4.78 is 0. The van der Waals surface area contributed by atoms with Crippen LogP contribution in [0.3, 0.4) is 0 Å². The lowest BCUT2D eigenvalue weighted by molar-refractivity contribution is 0.0317. The van der Waals surface area contributed by atoms with Gasteiger partial charge in [-0.25, -0.2) is 0 Å². The van der Waals surface area contributed by atoms with Gasteiger partial charge in [-0.15, -0.1) is 6.58 Å². The van der Waals surface area contributed by atoms with E-state index in [-0.39, 0.29) is 6.04 Å². The maximum absolute atomic E-state index is 10.9. The van der Waals surface area contributed by atoms with Crippen molar-refractivity contribution in [2.75, 3.05) is 13.1 Å². The summed E-state index contributed by atoms with van der Waals surface area (Å²) in [5.41, 5.74) is 2.75. The van der Waals surface area contributed by atoms with E-state index in [1.807, 2.05) is 30.3 Å². The first-order valence-corrected chi connectivity index (χ1v) is 8.19. The van der Waals surface area contributed by atoms with Gasteiger partial charge in [0.1, 0.15) is 0 Å². The van der Waals surface area contributed by atoms with E-state index in [1.54, 1.807) is 18.6 Å². The van der Waals surface area contributed by atoms with Gasteiger partial charge in [-0.3, -0.25) is 14.9 Å². The topological polar surface area (TPSA) is 49.2 Å². The van der Waals surface area contributed by atoms with Crippen molar-refractivity contribution in [1.29, 1.82) is 0 Å². The lowest BCUT2D eigenvalue weighted by Gasteiger charge is -2.38. The van der Waals surface area contributed by atoms with E-state index >= 15 is 0 Å². The smallest absolute Gasteiger partial charge is 0.0945 e. The molecule has 0 aliphatic carbocycles. The number of hydrogen-bond acceptors (Lipinski definition) is 4. The van der Waals surface area contributed by atoms with Gasteiger partial charge >= 0.3 is 0 Å². The second kappa shape index (κ2) is 7.49. The second-order valence-electron chi connectivity index (χ2n) is 6.01. The number of rotatable bonds is 5. The minimum Gasteiger partial charge on any atom is -0.387 e. The van der Waals surface area contributed by atoms with Gasteiger partial charge in [-0.2, -0.15) is 0 Å². The van der Waals surface area contributed by atoms with Crippen LogP contribution in [0.2, 0.25) is 0 Å². The predicted molar refractivity (Wildman–Crippen MR) is 91.8 cm³/mol. The third kappa shape index (κ3) is 3.66. The van der Waals surface area contributed by atoms with E-state index in [9.17, 15) is 5.11 Å². The summed E-state index contributed by atoms with van der Waals surface area (Å²) in [7, 11) is 0. The molecule has 0 bridgehead atoms. The Morgan fingerprint density at radius 2 is 2.26 bits per heavy atom. The summed E-state index contributed by atoms with van der Waals surface area (Å²) in [6.45, 7) is 5.69. The normalized spacial score (nSPS) is 20.1. The van der Waals surface area contributed by atoms with Crippen molar-refractivity contribution in [3.8, 4) is 11.3 Å². The zero-order valence-electron chi connectivity index (χ0n) is 13.3. The Kier molecular flexibility index (Phi) is 5.16. The van der Waals surface area contributed by atoms with Gasteiger partial charge in [0.15, 0.2) is 0 Å². The number of aliphatic hydroxyl groups is 1. The molecule has 1 fully saturated rings. The van der Waals surface area contributed by atoms with Crippen LogP contribution in [0, 0.1) is 0 Å². The summed E-state index contributed by atoms with van der Waals surface area (Å²) in [5.74, 6) is 0. The van der Waals surface area contributed by atoms with Crippen LogP contribution in [0.5, 0.6) is 0 Å². The third-order valence-electron chi connectivity index (χ3n) is 4.48. The number of aromatic nitrogens is 2. The number of aliphatic hydroxyl groups excluding tert-OH is 1. The predicted octanol–water partition coefficient (Wildman–Crippen LogP) is 3.22. The molecule has 3 rings (SSSR count). The van der Waals surface area contributed by atoms with E-state index in [4.69, 9.17) is 0 Å². The summed E-state index contributed by atoms with van der Waals surface area (Å²) in [6, 6.07) is 8.14. The number of hydrogen-bond donors (Lipinski definition) is 1. The molecular weight excluding hydrogens is 286 g/mol. The molecule has 4 nitrogen and oxygen atoms in total. The molecule has 2 atom stereocenters. The number of likely N-dealkylation sites (tertiary alicyclic amines) is 1. The molecule has 2 aromatic rings. The van der Waals surface area contributed by atoms with Crippen LogP contribution in [-0.4, -0.2) is 39.1 Å². The van der Waals surface area contributed by atoms with Crippen molar-refractivity contribution in [2.45, 2.75) is 31.4 Å². The van der Waals surface area contributed by atoms with Crippen molar-refractivity contribution in [2.24, 2.45) is 0 Å². The standard InChI is InChI=1S/C19H23N3O/c1-2-11-22-12-4-3-8-18(22)19(23)16-7-5-6-15(13-16)17-14-20-9-10-21-17/h2,5-7,9-10,13-14,18-19,23H,1,3-4,8,11-12H2/t18-,19-/m0/s1. The maximum atomic E-state index is 10.9. The van der Waals surface area contributed by atoms with Crippen LogP contribution >= 0.6 is 0 Å². The van der Waals surface area contributed by atoms with Gasteiger partial charge in [0.05, 0.1) is 18.0 Å². The molecule has 120 valence electrons. The van der Waals surface area contributed by atoms with Crippen LogP contribution in [0.1, 0.15) is 30.9 Å². The molecule has 0 amide bonds. The van der Waals surface area contributed by atoms with Gasteiger partial charge < -0.3 is 5.11 Å². The quantitative estimate of drug-likeness (QED) is 0.862. The largest absolute Gasteiger partial charge is 0.387 e. The minimum atomic E-state index is -0.494. The van der Waals surface area contributed by atoms with Crippen molar-refractivity contribution in [3.05, 3.63) is 61.1 Å². The summed E-state index contributed by atoms with van der Waals surface area (Å²) in [5, 5.41) is 10.9. The van der Waals surface area contributed by atoms with Gasteiger partial charge in [0.25, 0.3) is 0 Å². The Morgan fingerprint density at radius 1 is 1.35 bits per heavy atom. The van der Waals surface area contributed by atoms with Crippen molar-refractivity contribution < 1.29 is 5.11 Å². The molecule has 23 heavy (non-hydrogen) atoms. The molecular formula is C19H23N3O. The fourth-order valence-electron chi connectivity index (χ4n) is 3.32. The SMILES string of the molecule is C=CCN1CCCC[C@H]1[C@@H](O)c1cccc(-c2cnccn2)c1. The molecule has 1 aliphatic heterocycles. The highest BCUT2D eigenvalue weighted by molar-refractivity contribution is 5.59. The lowest BCUT2D eigenvalue weighted by atomic mass is 9.92. The minimum absolute atomic E-state index is 0.152. The van der Waals surface area contributed by atoms with Crippen LogP contribution in [0.15, 0.2) is 55.5 Å². The molecule has 0 saturated carbocycles. The van der Waals surface area contributed by atoms with E-state index < -0.39 is 6.10 Å². The van der Waals surface area contributed by atoms with Crippen molar-refractivity contribution >= 4 is 0 Å². The summed E-state index contributed by atoms with van der Waals surface area (Å²) in [4.78, 5) is 10.8. The average Bonchev–Trinajstić information content (AvgIpc) is 2.63. The molecule has 1 aromatic carbocycles. The number of piperidine rings is 1. The van der Waals surface area contributed by atoms with Crippen LogP contribution in [-0.2, 0) is 0 Å². The first-order valence-electron chi connectivity index (χ1n) is 8.19. The highest BCUT2D eigenvalue weighted by Gasteiger charge is 2.29. The molecule has 1 saturated heterocycles. The first kappa shape index (κ1) is 15.8.